The van der Waals surface area contributed by atoms with Crippen molar-refractivity contribution < 1.29 is 13.3 Å². The molecule has 0 radical (unpaired) electrons. The van der Waals surface area contributed by atoms with Crippen molar-refractivity contribution in [3.05, 3.63) is 33.4 Å². The van der Waals surface area contributed by atoms with Crippen LogP contribution in [0.15, 0.2) is 17.0 Å². The van der Waals surface area contributed by atoms with E-state index in [0.717, 1.165) is 0 Å². The Hall–Kier alpha value is -1.22. The summed E-state index contributed by atoms with van der Waals surface area (Å²) in [5.74, 6) is 0.254. The Morgan fingerprint density at radius 1 is 1.30 bits per heavy atom. The standard InChI is InChI=1S/C14H23N3O4S.ClH/c1-9(2)7-12(8-15)16-22(20,21)14-11(4)10(3)5-6-13(14)17(18)19;/h5-6,9,12,16H,7-8,15H2,1-4H3;1H. The number of hydrogen-bond donors (Lipinski definition) is 2. The summed E-state index contributed by atoms with van der Waals surface area (Å²) in [7, 11) is -4.02. The Morgan fingerprint density at radius 2 is 1.87 bits per heavy atom. The van der Waals surface area contributed by atoms with Gasteiger partial charge in [-0.2, -0.15) is 0 Å². The zero-order valence-electron chi connectivity index (χ0n) is 13.7. The molecular formula is C14H24ClN3O4S. The van der Waals surface area contributed by atoms with Crippen molar-refractivity contribution in [3.8, 4) is 0 Å². The van der Waals surface area contributed by atoms with Crippen molar-refractivity contribution in [2.75, 3.05) is 6.54 Å². The van der Waals surface area contributed by atoms with Crippen molar-refractivity contribution in [3.63, 3.8) is 0 Å². The quantitative estimate of drug-likeness (QED) is 0.568. The van der Waals surface area contributed by atoms with Gasteiger partial charge in [0.25, 0.3) is 5.69 Å². The van der Waals surface area contributed by atoms with Crippen LogP contribution in [0.25, 0.3) is 0 Å². The van der Waals surface area contributed by atoms with Gasteiger partial charge in [-0.3, -0.25) is 10.1 Å². The number of nitrogens with zero attached hydrogens (tertiary/aromatic N) is 1. The minimum absolute atomic E-state index is 0. The number of hydrogen-bond acceptors (Lipinski definition) is 5. The Bertz CT molecular complexity index is 662. The SMILES string of the molecule is Cc1ccc([N+](=O)[O-])c(S(=O)(=O)NC(CN)CC(C)C)c1C.Cl. The largest absolute Gasteiger partial charge is 0.329 e. The second-order valence-electron chi connectivity index (χ2n) is 5.80. The predicted molar refractivity (Wildman–Crippen MR) is 92.4 cm³/mol. The van der Waals surface area contributed by atoms with E-state index < -0.39 is 26.7 Å². The Kier molecular flexibility index (Phi) is 8.13. The van der Waals surface area contributed by atoms with Crippen molar-refractivity contribution in [1.82, 2.24) is 4.72 Å². The number of halogens is 1. The van der Waals surface area contributed by atoms with Crippen molar-refractivity contribution in [1.29, 1.82) is 0 Å². The molecule has 1 rings (SSSR count). The highest BCUT2D eigenvalue weighted by molar-refractivity contribution is 7.89. The van der Waals surface area contributed by atoms with Gasteiger partial charge >= 0.3 is 0 Å². The van der Waals surface area contributed by atoms with Crippen LogP contribution in [0, 0.1) is 29.9 Å². The van der Waals surface area contributed by atoms with Crippen LogP contribution >= 0.6 is 12.4 Å². The third-order valence-electron chi connectivity index (χ3n) is 3.48. The van der Waals surface area contributed by atoms with Crippen LogP contribution in [0.5, 0.6) is 0 Å². The maximum Gasteiger partial charge on any atom is 0.289 e. The third kappa shape index (κ3) is 5.42. The van der Waals surface area contributed by atoms with E-state index in [9.17, 15) is 18.5 Å². The van der Waals surface area contributed by atoms with Crippen LogP contribution in [0.4, 0.5) is 5.69 Å². The molecule has 0 saturated carbocycles. The van der Waals surface area contributed by atoms with Gasteiger partial charge in [0.1, 0.15) is 0 Å². The van der Waals surface area contributed by atoms with Crippen LogP contribution < -0.4 is 10.5 Å². The molecule has 0 aromatic heterocycles. The zero-order chi connectivity index (χ0) is 17.1. The number of aryl methyl sites for hydroxylation is 1. The van der Waals surface area contributed by atoms with Crippen LogP contribution in [-0.2, 0) is 10.0 Å². The zero-order valence-corrected chi connectivity index (χ0v) is 15.3. The molecule has 132 valence electrons. The summed E-state index contributed by atoms with van der Waals surface area (Å²) in [6.45, 7) is 7.33. The molecule has 1 unspecified atom stereocenters. The molecule has 1 aromatic carbocycles. The average Bonchev–Trinajstić information content (AvgIpc) is 2.39. The van der Waals surface area contributed by atoms with Gasteiger partial charge in [-0.1, -0.05) is 19.9 Å². The molecule has 0 aliphatic carbocycles. The van der Waals surface area contributed by atoms with E-state index in [4.69, 9.17) is 5.73 Å². The maximum absolute atomic E-state index is 12.6. The molecule has 23 heavy (non-hydrogen) atoms. The lowest BCUT2D eigenvalue weighted by molar-refractivity contribution is -0.387. The highest BCUT2D eigenvalue weighted by Crippen LogP contribution is 2.29. The second-order valence-corrected chi connectivity index (χ2v) is 7.45. The predicted octanol–water partition coefficient (Wildman–Crippen LogP) is 2.29. The first kappa shape index (κ1) is 21.8. The number of nitro groups is 1. The number of benzene rings is 1. The van der Waals surface area contributed by atoms with Crippen molar-refractivity contribution in [2.24, 2.45) is 11.7 Å². The summed E-state index contributed by atoms with van der Waals surface area (Å²) in [4.78, 5) is 10.2. The van der Waals surface area contributed by atoms with Gasteiger partial charge in [0.15, 0.2) is 4.90 Å². The molecule has 0 fully saturated rings. The summed E-state index contributed by atoms with van der Waals surface area (Å²) >= 11 is 0. The van der Waals surface area contributed by atoms with E-state index >= 15 is 0 Å². The number of rotatable bonds is 7. The fraction of sp³-hybridized carbons (Fsp3) is 0.571. The van der Waals surface area contributed by atoms with E-state index in [1.165, 1.54) is 6.07 Å². The van der Waals surface area contributed by atoms with E-state index in [2.05, 4.69) is 4.72 Å². The second kappa shape index (κ2) is 8.58. The van der Waals surface area contributed by atoms with Gasteiger partial charge < -0.3 is 5.73 Å². The van der Waals surface area contributed by atoms with Gasteiger partial charge in [-0.05, 0) is 37.3 Å². The average molecular weight is 366 g/mol. The van der Waals surface area contributed by atoms with Crippen LogP contribution in [0.3, 0.4) is 0 Å². The Morgan fingerprint density at radius 3 is 2.30 bits per heavy atom. The molecular weight excluding hydrogens is 342 g/mol. The minimum Gasteiger partial charge on any atom is -0.329 e. The summed E-state index contributed by atoms with van der Waals surface area (Å²) in [6, 6.07) is 2.31. The van der Waals surface area contributed by atoms with E-state index in [0.29, 0.717) is 17.5 Å². The van der Waals surface area contributed by atoms with Crippen molar-refractivity contribution in [2.45, 2.75) is 45.1 Å². The van der Waals surface area contributed by atoms with Crippen LogP contribution in [0.1, 0.15) is 31.4 Å². The fourth-order valence-corrected chi connectivity index (χ4v) is 4.03. The van der Waals surface area contributed by atoms with Crippen molar-refractivity contribution >= 4 is 28.1 Å². The van der Waals surface area contributed by atoms with Gasteiger partial charge in [0.05, 0.1) is 4.92 Å². The monoisotopic (exact) mass is 365 g/mol. The number of nitrogens with two attached hydrogens (primary N) is 1. The first-order valence-corrected chi connectivity index (χ1v) is 8.55. The molecule has 0 spiro atoms. The smallest absolute Gasteiger partial charge is 0.289 e. The molecule has 0 amide bonds. The molecule has 0 aliphatic rings. The first-order chi connectivity index (χ1) is 10.1. The maximum atomic E-state index is 12.6. The molecule has 7 nitrogen and oxygen atoms in total. The number of sulfonamides is 1. The van der Waals surface area contributed by atoms with Gasteiger partial charge in [-0.25, -0.2) is 13.1 Å². The molecule has 3 N–H and O–H groups in total. The molecule has 1 atom stereocenters. The van der Waals surface area contributed by atoms with Crippen LogP contribution in [-0.4, -0.2) is 25.9 Å². The summed E-state index contributed by atoms with van der Waals surface area (Å²) in [5.41, 5.74) is 6.25. The molecule has 0 saturated heterocycles. The highest BCUT2D eigenvalue weighted by atomic mass is 35.5. The lowest BCUT2D eigenvalue weighted by Crippen LogP contribution is -2.41. The van der Waals surface area contributed by atoms with Gasteiger partial charge in [0, 0.05) is 18.7 Å². The Balaban J connectivity index is 0.00000484. The first-order valence-electron chi connectivity index (χ1n) is 7.07. The molecule has 0 heterocycles. The van der Waals surface area contributed by atoms with Gasteiger partial charge in [-0.15, -0.1) is 12.4 Å². The fourth-order valence-electron chi connectivity index (χ4n) is 2.30. The van der Waals surface area contributed by atoms with E-state index in [1.807, 2.05) is 13.8 Å². The van der Waals surface area contributed by atoms with E-state index in [-0.39, 0.29) is 29.8 Å². The Labute approximate surface area is 143 Å². The summed E-state index contributed by atoms with van der Waals surface area (Å²) < 4.78 is 27.7. The third-order valence-corrected chi connectivity index (χ3v) is 5.18. The number of nitrogens with one attached hydrogen (secondary N) is 1. The lowest BCUT2D eigenvalue weighted by atomic mass is 10.1. The molecule has 9 heteroatoms. The van der Waals surface area contributed by atoms with Gasteiger partial charge in [0.2, 0.25) is 10.0 Å². The lowest BCUT2D eigenvalue weighted by Gasteiger charge is -2.20. The minimum atomic E-state index is -4.02. The number of nitro benzene ring substituents is 1. The highest BCUT2D eigenvalue weighted by Gasteiger charge is 2.30. The molecule has 0 bridgehead atoms. The normalized spacial score (nSPS) is 12.8. The van der Waals surface area contributed by atoms with Crippen LogP contribution in [0.2, 0.25) is 0 Å². The van der Waals surface area contributed by atoms with E-state index in [1.54, 1.807) is 19.9 Å². The molecule has 1 aromatic rings. The summed E-state index contributed by atoms with van der Waals surface area (Å²) in [5, 5.41) is 11.2. The topological polar surface area (TPSA) is 115 Å². The molecule has 0 aliphatic heterocycles. The summed E-state index contributed by atoms with van der Waals surface area (Å²) in [6.07, 6.45) is 0.564.